The van der Waals surface area contributed by atoms with E-state index in [1.54, 1.807) is 18.2 Å². The van der Waals surface area contributed by atoms with Gasteiger partial charge in [0.15, 0.2) is 6.61 Å². The van der Waals surface area contributed by atoms with Gasteiger partial charge in [0.25, 0.3) is 5.69 Å². The van der Waals surface area contributed by atoms with Gasteiger partial charge in [-0.3, -0.25) is 14.9 Å². The highest BCUT2D eigenvalue weighted by molar-refractivity contribution is 7.20. The molecule has 0 bridgehead atoms. The Morgan fingerprint density at radius 1 is 1.29 bits per heavy atom. The van der Waals surface area contributed by atoms with E-state index in [1.165, 1.54) is 29.5 Å². The van der Waals surface area contributed by atoms with Gasteiger partial charge in [-0.2, -0.15) is 0 Å². The fourth-order valence-corrected chi connectivity index (χ4v) is 3.96. The number of nitrogens with zero attached hydrogens (tertiary/aromatic N) is 2. The number of non-ortho nitro benzene ring substituents is 1. The number of rotatable bonds is 7. The van der Waals surface area contributed by atoms with Crippen LogP contribution in [-0.2, 0) is 11.3 Å². The first-order valence-corrected chi connectivity index (χ1v) is 9.29. The number of hydrogen-bond donors (Lipinski definition) is 0. The van der Waals surface area contributed by atoms with Gasteiger partial charge in [-0.25, -0.2) is 4.79 Å². The number of benzene rings is 1. The van der Waals surface area contributed by atoms with E-state index in [9.17, 15) is 19.7 Å². The molecule has 2 aromatic heterocycles. The molecule has 0 N–H and O–H groups in total. The van der Waals surface area contributed by atoms with Crippen molar-refractivity contribution in [1.29, 1.82) is 0 Å². The lowest BCUT2D eigenvalue weighted by molar-refractivity contribution is -0.384. The van der Waals surface area contributed by atoms with Gasteiger partial charge >= 0.3 is 5.97 Å². The normalized spacial score (nSPS) is 10.8. The third-order valence-corrected chi connectivity index (χ3v) is 5.53. The van der Waals surface area contributed by atoms with Crippen LogP contribution in [-0.4, -0.2) is 27.8 Å². The van der Waals surface area contributed by atoms with Crippen LogP contribution in [0.25, 0.3) is 10.1 Å². The maximum Gasteiger partial charge on any atom is 0.348 e. The molecular weight excluding hydrogens is 380 g/mol. The lowest BCUT2D eigenvalue weighted by atomic mass is 10.1. The van der Waals surface area contributed by atoms with Crippen LogP contribution < -0.4 is 0 Å². The van der Waals surface area contributed by atoms with Gasteiger partial charge in [-0.15, -0.1) is 17.9 Å². The number of Topliss-reactive ketones (excluding diaryl/α,β-unsaturated/α-hetero) is 1. The standard InChI is InChI=1S/C20H18N2O5S/c1-4-7-21-12(2)8-16(13(21)3)17(23)11-27-20(24)19-10-14-9-15(22(25)26)5-6-18(14)28-19/h4-6,8-10H,1,7,11H2,2-3H3. The van der Waals surface area contributed by atoms with E-state index < -0.39 is 10.9 Å². The number of allylic oxidation sites excluding steroid dienone is 1. The lowest BCUT2D eigenvalue weighted by Crippen LogP contribution is -2.14. The number of carbonyl (C=O) groups excluding carboxylic acids is 2. The lowest BCUT2D eigenvalue weighted by Gasteiger charge is -2.06. The molecule has 0 radical (unpaired) electrons. The zero-order valence-corrected chi connectivity index (χ0v) is 16.2. The summed E-state index contributed by atoms with van der Waals surface area (Å²) < 4.78 is 7.87. The van der Waals surface area contributed by atoms with Crippen LogP contribution in [0, 0.1) is 24.0 Å². The summed E-state index contributed by atoms with van der Waals surface area (Å²) in [5, 5.41) is 11.5. The van der Waals surface area contributed by atoms with Crippen molar-refractivity contribution in [3.05, 3.63) is 74.9 Å². The molecule has 0 aliphatic rings. The van der Waals surface area contributed by atoms with Gasteiger partial charge in [0, 0.05) is 45.7 Å². The zero-order chi connectivity index (χ0) is 20.4. The number of esters is 1. The summed E-state index contributed by atoms with van der Waals surface area (Å²) in [6.07, 6.45) is 1.75. The molecule has 0 aliphatic heterocycles. The number of ether oxygens (including phenoxy) is 1. The molecule has 0 atom stereocenters. The van der Waals surface area contributed by atoms with Crippen LogP contribution in [0.2, 0.25) is 0 Å². The highest BCUT2D eigenvalue weighted by Crippen LogP contribution is 2.29. The van der Waals surface area contributed by atoms with Crippen molar-refractivity contribution < 1.29 is 19.2 Å². The summed E-state index contributed by atoms with van der Waals surface area (Å²) in [5.74, 6) is -0.911. The van der Waals surface area contributed by atoms with Crippen LogP contribution in [0.15, 0.2) is 43.0 Å². The van der Waals surface area contributed by atoms with Crippen molar-refractivity contribution >= 4 is 38.9 Å². The molecule has 2 heterocycles. The van der Waals surface area contributed by atoms with E-state index in [2.05, 4.69) is 6.58 Å². The second kappa shape index (κ2) is 7.77. The molecule has 0 saturated heterocycles. The third kappa shape index (κ3) is 3.72. The Balaban J connectivity index is 1.72. The Morgan fingerprint density at radius 3 is 2.71 bits per heavy atom. The maximum absolute atomic E-state index is 12.5. The zero-order valence-electron chi connectivity index (χ0n) is 15.4. The van der Waals surface area contributed by atoms with Gasteiger partial charge in [-0.1, -0.05) is 6.08 Å². The third-order valence-electron chi connectivity index (χ3n) is 4.43. The number of ketones is 1. The molecule has 0 unspecified atom stereocenters. The second-order valence-electron chi connectivity index (χ2n) is 6.27. The van der Waals surface area contributed by atoms with Crippen molar-refractivity contribution in [2.45, 2.75) is 20.4 Å². The molecule has 28 heavy (non-hydrogen) atoms. The number of carbonyl (C=O) groups is 2. The first-order valence-electron chi connectivity index (χ1n) is 8.47. The van der Waals surface area contributed by atoms with Crippen molar-refractivity contribution in [2.24, 2.45) is 0 Å². The van der Waals surface area contributed by atoms with Crippen molar-refractivity contribution in [3.63, 3.8) is 0 Å². The van der Waals surface area contributed by atoms with Crippen LogP contribution in [0.3, 0.4) is 0 Å². The molecule has 0 amide bonds. The Hall–Kier alpha value is -3.26. The number of nitro benzene ring substituents is 1. The number of aryl methyl sites for hydroxylation is 1. The molecule has 8 heteroatoms. The molecule has 144 valence electrons. The SMILES string of the molecule is C=CCn1c(C)cc(C(=O)COC(=O)c2cc3cc([N+](=O)[O-])ccc3s2)c1C. The monoisotopic (exact) mass is 398 g/mol. The number of aromatic nitrogens is 1. The summed E-state index contributed by atoms with van der Waals surface area (Å²) >= 11 is 1.17. The topological polar surface area (TPSA) is 91.4 Å². The van der Waals surface area contributed by atoms with E-state index in [4.69, 9.17) is 4.74 Å². The first kappa shape index (κ1) is 19.5. The summed E-state index contributed by atoms with van der Waals surface area (Å²) in [5.41, 5.74) is 2.19. The summed E-state index contributed by atoms with van der Waals surface area (Å²) in [6, 6.07) is 7.69. The highest BCUT2D eigenvalue weighted by Gasteiger charge is 2.19. The fourth-order valence-electron chi connectivity index (χ4n) is 3.02. The molecule has 0 spiro atoms. The predicted molar refractivity (Wildman–Crippen MR) is 107 cm³/mol. The van der Waals surface area contributed by atoms with E-state index in [1.807, 2.05) is 18.4 Å². The van der Waals surface area contributed by atoms with E-state index >= 15 is 0 Å². The number of fused-ring (bicyclic) bond motifs is 1. The van der Waals surface area contributed by atoms with Gasteiger partial charge < -0.3 is 9.30 Å². The van der Waals surface area contributed by atoms with Crippen LogP contribution in [0.1, 0.15) is 31.4 Å². The maximum atomic E-state index is 12.5. The Kier molecular flexibility index (Phi) is 5.41. The largest absolute Gasteiger partial charge is 0.453 e. The molecule has 0 aliphatic carbocycles. The first-order chi connectivity index (χ1) is 13.3. The molecule has 0 fully saturated rings. The summed E-state index contributed by atoms with van der Waals surface area (Å²) in [7, 11) is 0. The van der Waals surface area contributed by atoms with Crippen LogP contribution in [0.5, 0.6) is 0 Å². The van der Waals surface area contributed by atoms with E-state index in [0.717, 1.165) is 16.1 Å². The fraction of sp³-hybridized carbons (Fsp3) is 0.200. The summed E-state index contributed by atoms with van der Waals surface area (Å²) in [4.78, 5) is 35.5. The average molecular weight is 398 g/mol. The van der Waals surface area contributed by atoms with E-state index in [-0.39, 0.29) is 18.1 Å². The predicted octanol–water partition coefficient (Wildman–Crippen LogP) is 4.45. The summed E-state index contributed by atoms with van der Waals surface area (Å²) in [6.45, 7) is 7.67. The Labute approximate surface area is 165 Å². The van der Waals surface area contributed by atoms with Crippen LogP contribution in [0.4, 0.5) is 5.69 Å². The molecule has 0 saturated carbocycles. The minimum Gasteiger partial charge on any atom is -0.453 e. The van der Waals surface area contributed by atoms with Crippen molar-refractivity contribution in [3.8, 4) is 0 Å². The minimum absolute atomic E-state index is 0.0460. The van der Waals surface area contributed by atoms with Crippen LogP contribution >= 0.6 is 11.3 Å². The van der Waals surface area contributed by atoms with Gasteiger partial charge in [0.2, 0.25) is 5.78 Å². The Morgan fingerprint density at radius 2 is 2.04 bits per heavy atom. The van der Waals surface area contributed by atoms with Gasteiger partial charge in [0.1, 0.15) is 4.88 Å². The number of thiophene rings is 1. The van der Waals surface area contributed by atoms with Gasteiger partial charge in [-0.05, 0) is 32.0 Å². The number of nitro groups is 1. The molecular formula is C20H18N2O5S. The molecule has 3 aromatic rings. The second-order valence-corrected chi connectivity index (χ2v) is 7.36. The number of hydrogen-bond acceptors (Lipinski definition) is 6. The van der Waals surface area contributed by atoms with Gasteiger partial charge in [0.05, 0.1) is 4.92 Å². The minimum atomic E-state index is -0.628. The van der Waals surface area contributed by atoms with E-state index in [0.29, 0.717) is 22.4 Å². The quantitative estimate of drug-likeness (QED) is 0.193. The highest BCUT2D eigenvalue weighted by atomic mass is 32.1. The smallest absolute Gasteiger partial charge is 0.348 e. The molecule has 3 rings (SSSR count). The van der Waals surface area contributed by atoms with Crippen molar-refractivity contribution in [2.75, 3.05) is 6.61 Å². The average Bonchev–Trinajstić information content (AvgIpc) is 3.21. The van der Waals surface area contributed by atoms with Crippen molar-refractivity contribution in [1.82, 2.24) is 4.57 Å². The molecule has 1 aromatic carbocycles. The Bertz CT molecular complexity index is 1110. The molecule has 7 nitrogen and oxygen atoms in total.